The van der Waals surface area contributed by atoms with Gasteiger partial charge in [-0.05, 0) is 18.8 Å². The molecule has 3 nitrogen and oxygen atoms in total. The molecule has 0 radical (unpaired) electrons. The molecule has 0 bridgehead atoms. The lowest BCUT2D eigenvalue weighted by Crippen LogP contribution is -2.21. The number of hydrogen-bond donors (Lipinski definition) is 2. The van der Waals surface area contributed by atoms with E-state index in [1.54, 1.807) is 0 Å². The molecule has 0 aromatic heterocycles. The van der Waals surface area contributed by atoms with E-state index in [-0.39, 0.29) is 24.3 Å². The number of aliphatic hydroxyl groups excluding tert-OH is 1. The number of rotatable bonds is 3. The number of hydrogen-bond acceptors (Lipinski definition) is 2. The second-order valence-electron chi connectivity index (χ2n) is 3.30. The van der Waals surface area contributed by atoms with Crippen LogP contribution >= 0.6 is 0 Å². The summed E-state index contributed by atoms with van der Waals surface area (Å²) in [6.45, 7) is 2.96. The summed E-state index contributed by atoms with van der Waals surface area (Å²) in [4.78, 5) is 11.0. The van der Waals surface area contributed by atoms with Crippen molar-refractivity contribution in [1.82, 2.24) is 5.32 Å². The van der Waals surface area contributed by atoms with Crippen LogP contribution in [0.25, 0.3) is 0 Å². The normalized spacial score (nSPS) is 26.7. The van der Waals surface area contributed by atoms with Crippen molar-refractivity contribution in [3.63, 3.8) is 0 Å². The van der Waals surface area contributed by atoms with Crippen LogP contribution in [-0.4, -0.2) is 24.2 Å². The standard InChI is InChI=1S/C8H15NO2/c1-6(5-10)4-7-2-3-9-8(7)11/h6-7,10H,2-5H2,1H3,(H,9,11). The smallest absolute Gasteiger partial charge is 0.223 e. The first-order valence-electron chi connectivity index (χ1n) is 4.12. The van der Waals surface area contributed by atoms with Gasteiger partial charge in [0.2, 0.25) is 5.91 Å². The summed E-state index contributed by atoms with van der Waals surface area (Å²) >= 11 is 0. The molecular weight excluding hydrogens is 142 g/mol. The molecule has 3 heteroatoms. The highest BCUT2D eigenvalue weighted by Gasteiger charge is 2.25. The summed E-state index contributed by atoms with van der Waals surface area (Å²) in [5, 5.41) is 11.5. The van der Waals surface area contributed by atoms with Crippen LogP contribution in [0.3, 0.4) is 0 Å². The van der Waals surface area contributed by atoms with Crippen molar-refractivity contribution in [2.24, 2.45) is 11.8 Å². The van der Waals surface area contributed by atoms with Gasteiger partial charge in [0.15, 0.2) is 0 Å². The van der Waals surface area contributed by atoms with Gasteiger partial charge in [-0.2, -0.15) is 0 Å². The maximum atomic E-state index is 11.0. The van der Waals surface area contributed by atoms with E-state index in [9.17, 15) is 4.79 Å². The van der Waals surface area contributed by atoms with Gasteiger partial charge >= 0.3 is 0 Å². The molecule has 1 aliphatic rings. The van der Waals surface area contributed by atoms with Gasteiger partial charge in [0, 0.05) is 19.1 Å². The van der Waals surface area contributed by atoms with Crippen LogP contribution in [0.1, 0.15) is 19.8 Å². The molecule has 2 atom stereocenters. The summed E-state index contributed by atoms with van der Waals surface area (Å²) < 4.78 is 0. The minimum atomic E-state index is 0.150. The molecular formula is C8H15NO2. The zero-order valence-corrected chi connectivity index (χ0v) is 6.84. The number of nitrogens with one attached hydrogen (secondary N) is 1. The van der Waals surface area contributed by atoms with Crippen LogP contribution in [0.15, 0.2) is 0 Å². The predicted octanol–water partition coefficient (Wildman–Crippen LogP) is 0.141. The fourth-order valence-electron chi connectivity index (χ4n) is 1.43. The molecule has 2 N–H and O–H groups in total. The molecule has 1 heterocycles. The lowest BCUT2D eigenvalue weighted by Gasteiger charge is -2.10. The number of amides is 1. The molecule has 1 saturated heterocycles. The van der Waals surface area contributed by atoms with Gasteiger partial charge in [0.1, 0.15) is 0 Å². The molecule has 2 unspecified atom stereocenters. The Morgan fingerprint density at radius 1 is 1.82 bits per heavy atom. The fraction of sp³-hybridized carbons (Fsp3) is 0.875. The Balaban J connectivity index is 2.30. The largest absolute Gasteiger partial charge is 0.396 e. The molecule has 1 aliphatic heterocycles. The Hall–Kier alpha value is -0.570. The number of aliphatic hydroxyl groups is 1. The van der Waals surface area contributed by atoms with E-state index in [1.165, 1.54) is 0 Å². The monoisotopic (exact) mass is 157 g/mol. The van der Waals surface area contributed by atoms with Crippen LogP contribution in [-0.2, 0) is 4.79 Å². The van der Waals surface area contributed by atoms with E-state index in [4.69, 9.17) is 5.11 Å². The molecule has 1 fully saturated rings. The van der Waals surface area contributed by atoms with E-state index < -0.39 is 0 Å². The lowest BCUT2D eigenvalue weighted by atomic mass is 9.95. The maximum Gasteiger partial charge on any atom is 0.223 e. The van der Waals surface area contributed by atoms with Gasteiger partial charge in [0.05, 0.1) is 0 Å². The molecule has 0 spiro atoms. The molecule has 0 aromatic rings. The Morgan fingerprint density at radius 2 is 2.55 bits per heavy atom. The Labute approximate surface area is 66.8 Å². The lowest BCUT2D eigenvalue weighted by molar-refractivity contribution is -0.122. The third-order valence-corrected chi connectivity index (χ3v) is 2.16. The highest BCUT2D eigenvalue weighted by Crippen LogP contribution is 2.18. The Kier molecular flexibility index (Phi) is 2.88. The van der Waals surface area contributed by atoms with Crippen LogP contribution in [0.5, 0.6) is 0 Å². The molecule has 0 aliphatic carbocycles. The second-order valence-corrected chi connectivity index (χ2v) is 3.30. The van der Waals surface area contributed by atoms with Crippen molar-refractivity contribution in [1.29, 1.82) is 0 Å². The van der Waals surface area contributed by atoms with Crippen LogP contribution in [0.2, 0.25) is 0 Å². The van der Waals surface area contributed by atoms with Crippen LogP contribution in [0, 0.1) is 11.8 Å². The van der Waals surface area contributed by atoms with E-state index in [0.29, 0.717) is 0 Å². The SMILES string of the molecule is CC(CO)CC1CCNC1=O. The molecule has 64 valence electrons. The highest BCUT2D eigenvalue weighted by molar-refractivity contribution is 5.80. The van der Waals surface area contributed by atoms with Crippen LogP contribution < -0.4 is 5.32 Å². The quantitative estimate of drug-likeness (QED) is 0.612. The minimum absolute atomic E-state index is 0.150. The first-order chi connectivity index (χ1) is 5.24. The zero-order valence-electron chi connectivity index (χ0n) is 6.84. The summed E-state index contributed by atoms with van der Waals surface area (Å²) in [7, 11) is 0. The minimum Gasteiger partial charge on any atom is -0.396 e. The van der Waals surface area contributed by atoms with Gasteiger partial charge in [-0.3, -0.25) is 4.79 Å². The summed E-state index contributed by atoms with van der Waals surface area (Å²) in [6.07, 6.45) is 1.76. The van der Waals surface area contributed by atoms with Gasteiger partial charge in [-0.25, -0.2) is 0 Å². The van der Waals surface area contributed by atoms with E-state index in [0.717, 1.165) is 19.4 Å². The highest BCUT2D eigenvalue weighted by atomic mass is 16.3. The summed E-state index contributed by atoms with van der Waals surface area (Å²) in [6, 6.07) is 0. The molecule has 1 amide bonds. The molecule has 11 heavy (non-hydrogen) atoms. The van der Waals surface area contributed by atoms with Gasteiger partial charge in [0.25, 0.3) is 0 Å². The Morgan fingerprint density at radius 3 is 3.00 bits per heavy atom. The molecule has 1 rings (SSSR count). The van der Waals surface area contributed by atoms with Crippen molar-refractivity contribution >= 4 is 5.91 Å². The summed E-state index contributed by atoms with van der Waals surface area (Å²) in [5.74, 6) is 0.561. The van der Waals surface area contributed by atoms with Gasteiger partial charge in [-0.15, -0.1) is 0 Å². The third kappa shape index (κ3) is 2.19. The van der Waals surface area contributed by atoms with Crippen molar-refractivity contribution in [3.05, 3.63) is 0 Å². The van der Waals surface area contributed by atoms with Gasteiger partial charge in [-0.1, -0.05) is 6.92 Å². The van der Waals surface area contributed by atoms with Crippen LogP contribution in [0.4, 0.5) is 0 Å². The average Bonchev–Trinajstić information content (AvgIpc) is 2.37. The average molecular weight is 157 g/mol. The topological polar surface area (TPSA) is 49.3 Å². The van der Waals surface area contributed by atoms with Crippen molar-refractivity contribution in [2.75, 3.05) is 13.2 Å². The van der Waals surface area contributed by atoms with Crippen molar-refractivity contribution in [2.45, 2.75) is 19.8 Å². The molecule has 0 aromatic carbocycles. The first-order valence-corrected chi connectivity index (χ1v) is 4.12. The van der Waals surface area contributed by atoms with Crippen molar-refractivity contribution < 1.29 is 9.90 Å². The van der Waals surface area contributed by atoms with Gasteiger partial charge < -0.3 is 10.4 Å². The number of carbonyl (C=O) groups is 1. The van der Waals surface area contributed by atoms with Crippen molar-refractivity contribution in [3.8, 4) is 0 Å². The van der Waals surface area contributed by atoms with E-state index in [2.05, 4.69) is 5.32 Å². The predicted molar refractivity (Wildman–Crippen MR) is 42.0 cm³/mol. The van der Waals surface area contributed by atoms with E-state index >= 15 is 0 Å². The number of carbonyl (C=O) groups excluding carboxylic acids is 1. The fourth-order valence-corrected chi connectivity index (χ4v) is 1.43. The third-order valence-electron chi connectivity index (χ3n) is 2.16. The Bertz CT molecular complexity index is 147. The summed E-state index contributed by atoms with van der Waals surface area (Å²) in [5.41, 5.74) is 0. The maximum absolute atomic E-state index is 11.0. The first kappa shape index (κ1) is 8.53. The molecule has 0 saturated carbocycles. The van der Waals surface area contributed by atoms with E-state index in [1.807, 2.05) is 6.92 Å². The zero-order chi connectivity index (χ0) is 8.27. The second kappa shape index (κ2) is 3.72.